The number of halogens is 2. The van der Waals surface area contributed by atoms with Crippen molar-refractivity contribution in [2.75, 3.05) is 44.7 Å². The number of hydrogen-bond acceptors (Lipinski definition) is 6. The number of nitrogens with one attached hydrogen (secondary N) is 2. The Labute approximate surface area is 218 Å². The Bertz CT molecular complexity index is 1120. The standard InChI is InChI=1S/C28H38F2N6O/c1-18(25-17-35(19(2)37)12-8-26(25)34-22-6-9-33-10-7-22)36-11-4-5-20-13-23(21(15-31)16-32-3)24(28(29)30)14-27(20)36/h13-16,22,28,33-34H,1,4-12,17,31H2,2-3H3/b21-15+,32-16?. The van der Waals surface area contributed by atoms with Crippen LogP contribution >= 0.6 is 0 Å². The number of anilines is 1. The number of carbonyl (C=O) groups excluding carboxylic acids is 1. The number of nitrogens with two attached hydrogens (primary N) is 1. The largest absolute Gasteiger partial charge is 0.404 e. The van der Waals surface area contributed by atoms with Crippen molar-refractivity contribution in [1.29, 1.82) is 0 Å². The van der Waals surface area contributed by atoms with Crippen molar-refractivity contribution >= 4 is 23.4 Å². The van der Waals surface area contributed by atoms with Crippen LogP contribution in [0.15, 0.2) is 46.9 Å². The second-order valence-electron chi connectivity index (χ2n) is 9.90. The number of piperidine rings is 1. The number of benzene rings is 1. The Morgan fingerprint density at radius 2 is 2.03 bits per heavy atom. The third-order valence-corrected chi connectivity index (χ3v) is 7.55. The van der Waals surface area contributed by atoms with E-state index in [1.807, 2.05) is 11.0 Å². The molecule has 1 aromatic rings. The molecule has 1 fully saturated rings. The molecule has 9 heteroatoms. The van der Waals surface area contributed by atoms with Gasteiger partial charge in [-0.05, 0) is 62.0 Å². The highest BCUT2D eigenvalue weighted by Crippen LogP contribution is 2.39. The third kappa shape index (κ3) is 5.87. The Morgan fingerprint density at radius 1 is 1.27 bits per heavy atom. The minimum atomic E-state index is -2.67. The normalized spacial score (nSPS) is 19.5. The number of rotatable bonds is 7. The number of aliphatic imine (C=N–C) groups is 1. The Morgan fingerprint density at radius 3 is 2.68 bits per heavy atom. The number of hydrogen-bond donors (Lipinski definition) is 3. The second kappa shape index (κ2) is 11.9. The number of allylic oxidation sites excluding steroid dienone is 1. The highest BCUT2D eigenvalue weighted by molar-refractivity contribution is 6.10. The Hall–Kier alpha value is -3.20. The summed E-state index contributed by atoms with van der Waals surface area (Å²) in [6.07, 6.45) is 4.59. The van der Waals surface area contributed by atoms with Crippen LogP contribution in [0, 0.1) is 0 Å². The number of carbonyl (C=O) groups is 1. The molecule has 1 saturated heterocycles. The molecule has 0 aromatic heterocycles. The van der Waals surface area contributed by atoms with Crippen LogP contribution in [0.25, 0.3) is 5.57 Å². The molecule has 1 amide bonds. The van der Waals surface area contributed by atoms with Crippen molar-refractivity contribution in [3.63, 3.8) is 0 Å². The van der Waals surface area contributed by atoms with Gasteiger partial charge >= 0.3 is 0 Å². The van der Waals surface area contributed by atoms with E-state index in [2.05, 4.69) is 27.1 Å². The van der Waals surface area contributed by atoms with Crippen molar-refractivity contribution in [3.05, 3.63) is 58.6 Å². The lowest BCUT2D eigenvalue weighted by Crippen LogP contribution is -2.45. The van der Waals surface area contributed by atoms with Gasteiger partial charge in [0, 0.05) is 92.3 Å². The number of aryl methyl sites for hydroxylation is 1. The van der Waals surface area contributed by atoms with Gasteiger partial charge in [-0.1, -0.05) is 6.58 Å². The van der Waals surface area contributed by atoms with Crippen molar-refractivity contribution in [2.45, 2.75) is 51.5 Å². The van der Waals surface area contributed by atoms with Crippen molar-refractivity contribution in [1.82, 2.24) is 15.5 Å². The summed E-state index contributed by atoms with van der Waals surface area (Å²) in [7, 11) is 1.59. The molecule has 0 saturated carbocycles. The van der Waals surface area contributed by atoms with E-state index in [9.17, 15) is 13.6 Å². The lowest BCUT2D eigenvalue weighted by molar-refractivity contribution is -0.128. The average molecular weight is 513 g/mol. The zero-order valence-corrected chi connectivity index (χ0v) is 21.8. The lowest BCUT2D eigenvalue weighted by atomic mass is 9.91. The fraction of sp³-hybridized carbons (Fsp3) is 0.500. The van der Waals surface area contributed by atoms with Crippen LogP contribution < -0.4 is 21.3 Å². The maximum atomic E-state index is 14.3. The van der Waals surface area contributed by atoms with E-state index in [1.165, 1.54) is 12.4 Å². The van der Waals surface area contributed by atoms with Crippen LogP contribution in [0.1, 0.15) is 55.7 Å². The molecule has 7 nitrogen and oxygen atoms in total. The maximum Gasteiger partial charge on any atom is 0.264 e. The van der Waals surface area contributed by atoms with Crippen LogP contribution in [-0.4, -0.2) is 62.8 Å². The molecule has 4 N–H and O–H groups in total. The van der Waals surface area contributed by atoms with Gasteiger partial charge in [0.25, 0.3) is 6.43 Å². The molecule has 3 aliphatic rings. The molecule has 3 aliphatic heterocycles. The number of fused-ring (bicyclic) bond motifs is 1. The van der Waals surface area contributed by atoms with Crippen LogP contribution in [0.3, 0.4) is 0 Å². The van der Waals surface area contributed by atoms with Gasteiger partial charge in [-0.3, -0.25) is 9.79 Å². The summed E-state index contributed by atoms with van der Waals surface area (Å²) in [5.41, 5.74) is 11.1. The first-order valence-electron chi connectivity index (χ1n) is 13.0. The minimum absolute atomic E-state index is 0.0218. The van der Waals surface area contributed by atoms with Crippen LogP contribution in [-0.2, 0) is 11.2 Å². The van der Waals surface area contributed by atoms with E-state index >= 15 is 0 Å². The van der Waals surface area contributed by atoms with Crippen LogP contribution in [0.5, 0.6) is 0 Å². The van der Waals surface area contributed by atoms with Crippen LogP contribution in [0.4, 0.5) is 14.5 Å². The molecular formula is C28H38F2N6O. The average Bonchev–Trinajstić information content (AvgIpc) is 2.90. The van der Waals surface area contributed by atoms with Gasteiger partial charge in [0.2, 0.25) is 5.91 Å². The summed E-state index contributed by atoms with van der Waals surface area (Å²) >= 11 is 0. The summed E-state index contributed by atoms with van der Waals surface area (Å²) in [6.45, 7) is 9.77. The van der Waals surface area contributed by atoms with E-state index < -0.39 is 6.43 Å². The summed E-state index contributed by atoms with van der Waals surface area (Å²) in [6, 6.07) is 3.77. The van der Waals surface area contributed by atoms with E-state index in [0.717, 1.165) is 73.4 Å². The maximum absolute atomic E-state index is 14.3. The first-order chi connectivity index (χ1) is 17.8. The number of alkyl halides is 2. The topological polar surface area (TPSA) is 86.0 Å². The predicted octanol–water partition coefficient (Wildman–Crippen LogP) is 3.74. The molecule has 0 bridgehead atoms. The monoisotopic (exact) mass is 512 g/mol. The highest BCUT2D eigenvalue weighted by Gasteiger charge is 2.30. The molecule has 0 atom stereocenters. The first kappa shape index (κ1) is 26.9. The lowest BCUT2D eigenvalue weighted by Gasteiger charge is -2.39. The molecule has 0 spiro atoms. The fourth-order valence-electron chi connectivity index (χ4n) is 5.53. The predicted molar refractivity (Wildman–Crippen MR) is 146 cm³/mol. The number of nitrogens with zero attached hydrogens (tertiary/aromatic N) is 3. The van der Waals surface area contributed by atoms with Crippen molar-refractivity contribution in [3.8, 4) is 0 Å². The third-order valence-electron chi connectivity index (χ3n) is 7.55. The molecule has 0 unspecified atom stereocenters. The molecule has 1 aromatic carbocycles. The first-order valence-corrected chi connectivity index (χ1v) is 13.0. The quantitative estimate of drug-likeness (QED) is 0.485. The fourth-order valence-corrected chi connectivity index (χ4v) is 5.53. The zero-order chi connectivity index (χ0) is 26.5. The van der Waals surface area contributed by atoms with E-state index in [4.69, 9.17) is 5.73 Å². The Kier molecular flexibility index (Phi) is 8.63. The molecule has 3 heterocycles. The van der Waals surface area contributed by atoms with Gasteiger partial charge in [-0.25, -0.2) is 8.78 Å². The van der Waals surface area contributed by atoms with E-state index in [0.29, 0.717) is 36.8 Å². The van der Waals surface area contributed by atoms with Gasteiger partial charge in [0.05, 0.1) is 0 Å². The summed E-state index contributed by atoms with van der Waals surface area (Å²) < 4.78 is 28.5. The number of amides is 1. The molecule has 4 rings (SSSR count). The van der Waals surface area contributed by atoms with Gasteiger partial charge < -0.3 is 26.2 Å². The highest BCUT2D eigenvalue weighted by atomic mass is 19.3. The zero-order valence-electron chi connectivity index (χ0n) is 21.8. The molecular weight excluding hydrogens is 474 g/mol. The summed E-state index contributed by atoms with van der Waals surface area (Å²) in [5, 5.41) is 7.14. The van der Waals surface area contributed by atoms with Gasteiger partial charge in [0.15, 0.2) is 0 Å². The summed E-state index contributed by atoms with van der Waals surface area (Å²) in [4.78, 5) is 20.1. The molecule has 0 radical (unpaired) electrons. The van der Waals surface area contributed by atoms with Gasteiger partial charge in [0.1, 0.15) is 0 Å². The van der Waals surface area contributed by atoms with Crippen molar-refractivity contribution < 1.29 is 13.6 Å². The van der Waals surface area contributed by atoms with E-state index in [-0.39, 0.29) is 11.5 Å². The smallest absolute Gasteiger partial charge is 0.264 e. The minimum Gasteiger partial charge on any atom is -0.404 e. The second-order valence-corrected chi connectivity index (χ2v) is 9.90. The Balaban J connectivity index is 1.73. The molecule has 37 heavy (non-hydrogen) atoms. The van der Waals surface area contributed by atoms with Crippen molar-refractivity contribution in [2.24, 2.45) is 10.7 Å². The van der Waals surface area contributed by atoms with Crippen LogP contribution in [0.2, 0.25) is 0 Å². The van der Waals surface area contributed by atoms with Gasteiger partial charge in [-0.15, -0.1) is 0 Å². The van der Waals surface area contributed by atoms with Gasteiger partial charge in [-0.2, -0.15) is 0 Å². The SMILES string of the molecule is C=C(C1=C(NC2CCNCC2)CCN(C(C)=O)C1)N1CCCc2cc(/C(C=NC)=C/N)c(C(F)F)cc21. The summed E-state index contributed by atoms with van der Waals surface area (Å²) in [5.74, 6) is 0.0218. The molecule has 200 valence electrons. The molecule has 0 aliphatic carbocycles. The van der Waals surface area contributed by atoms with E-state index in [1.54, 1.807) is 20.0 Å².